The molecule has 1 unspecified atom stereocenters. The Morgan fingerprint density at radius 2 is 1.80 bits per heavy atom. The number of rotatable bonds is 5. The zero-order chi connectivity index (χ0) is 20.5. The van der Waals surface area contributed by atoms with Crippen LogP contribution in [0.3, 0.4) is 0 Å². The van der Waals surface area contributed by atoms with Crippen LogP contribution in [0.15, 0.2) is 60.9 Å². The van der Waals surface area contributed by atoms with Crippen molar-refractivity contribution >= 4 is 16.3 Å². The minimum Gasteiger partial charge on any atom is -0.492 e. The third-order valence-corrected chi connectivity index (χ3v) is 7.25. The molecule has 0 spiro atoms. The van der Waals surface area contributed by atoms with Gasteiger partial charge in [0.15, 0.2) is 0 Å². The van der Waals surface area contributed by atoms with Gasteiger partial charge in [0.1, 0.15) is 6.33 Å². The molecule has 30 heavy (non-hydrogen) atoms. The van der Waals surface area contributed by atoms with Crippen molar-refractivity contribution < 1.29 is 5.11 Å². The molecular formula is C24H26N4OS. The molecule has 1 atom stereocenters. The summed E-state index contributed by atoms with van der Waals surface area (Å²) in [5.74, 6) is 0.919. The van der Waals surface area contributed by atoms with Crippen LogP contribution in [0.2, 0.25) is 0 Å². The van der Waals surface area contributed by atoms with Crippen molar-refractivity contribution in [3.05, 3.63) is 82.5 Å². The van der Waals surface area contributed by atoms with E-state index in [4.69, 9.17) is 0 Å². The molecule has 154 valence electrons. The number of nitrogens with zero attached hydrogens (tertiary/aromatic N) is 4. The summed E-state index contributed by atoms with van der Waals surface area (Å²) in [4.78, 5) is 8.46. The summed E-state index contributed by atoms with van der Waals surface area (Å²) in [7, 11) is 0. The van der Waals surface area contributed by atoms with Gasteiger partial charge in [-0.2, -0.15) is 9.61 Å². The molecule has 1 aliphatic heterocycles. The van der Waals surface area contributed by atoms with Crippen molar-refractivity contribution in [2.45, 2.75) is 32.2 Å². The molecule has 0 bridgehead atoms. The van der Waals surface area contributed by atoms with Gasteiger partial charge >= 0.3 is 0 Å². The van der Waals surface area contributed by atoms with Gasteiger partial charge in [-0.15, -0.1) is 0 Å². The van der Waals surface area contributed by atoms with E-state index < -0.39 is 0 Å². The average molecular weight is 419 g/mol. The maximum absolute atomic E-state index is 10.9. The van der Waals surface area contributed by atoms with Gasteiger partial charge in [0, 0.05) is 0 Å². The molecule has 1 N–H and O–H groups in total. The summed E-state index contributed by atoms with van der Waals surface area (Å²) in [6, 6.07) is 19.5. The first-order valence-electron chi connectivity index (χ1n) is 10.5. The van der Waals surface area contributed by atoms with Crippen LogP contribution in [0.25, 0.3) is 4.96 Å². The number of aryl methyl sites for hydroxylation is 1. The number of thiazole rings is 1. The van der Waals surface area contributed by atoms with Gasteiger partial charge in [-0.1, -0.05) is 71.5 Å². The van der Waals surface area contributed by atoms with Crippen LogP contribution in [0.1, 0.15) is 40.5 Å². The van der Waals surface area contributed by atoms with E-state index in [1.165, 1.54) is 47.2 Å². The van der Waals surface area contributed by atoms with E-state index >= 15 is 0 Å². The number of hydrogen-bond acceptors (Lipinski definition) is 5. The molecule has 6 heteroatoms. The van der Waals surface area contributed by atoms with Crippen LogP contribution in [0.4, 0.5) is 0 Å². The molecule has 2 aromatic carbocycles. The van der Waals surface area contributed by atoms with Crippen LogP contribution in [0, 0.1) is 12.8 Å². The molecule has 0 aliphatic carbocycles. The standard InChI is InChI=1S/C24H26N4OS/c1-17-7-9-20(10-8-17)21(22-23(29)28-24(30-22)25-16-26-28)27-13-11-19(12-14-27)15-18-5-3-2-4-6-18/h2-10,16,19,21,29H,11-15H2,1H3. The lowest BCUT2D eigenvalue weighted by Gasteiger charge is -2.37. The smallest absolute Gasteiger partial charge is 0.230 e. The first-order chi connectivity index (χ1) is 14.7. The second-order valence-corrected chi connectivity index (χ2v) is 9.24. The summed E-state index contributed by atoms with van der Waals surface area (Å²) in [6.45, 7) is 4.14. The fraction of sp³-hybridized carbons (Fsp3) is 0.333. The van der Waals surface area contributed by atoms with Crippen LogP contribution < -0.4 is 0 Å². The second-order valence-electron chi connectivity index (χ2n) is 8.23. The summed E-state index contributed by atoms with van der Waals surface area (Å²) < 4.78 is 1.54. The van der Waals surface area contributed by atoms with Crippen molar-refractivity contribution in [3.63, 3.8) is 0 Å². The van der Waals surface area contributed by atoms with Gasteiger partial charge in [-0.25, -0.2) is 4.98 Å². The van der Waals surface area contributed by atoms with Crippen molar-refractivity contribution in [2.24, 2.45) is 5.92 Å². The molecule has 0 radical (unpaired) electrons. The van der Waals surface area contributed by atoms with Gasteiger partial charge in [-0.05, 0) is 56.3 Å². The molecule has 1 aliphatic rings. The van der Waals surface area contributed by atoms with Crippen molar-refractivity contribution in [2.75, 3.05) is 13.1 Å². The molecule has 0 amide bonds. The number of aromatic nitrogens is 3. The predicted molar refractivity (Wildman–Crippen MR) is 120 cm³/mol. The van der Waals surface area contributed by atoms with E-state index in [0.717, 1.165) is 29.3 Å². The predicted octanol–water partition coefficient (Wildman–Crippen LogP) is 4.85. The van der Waals surface area contributed by atoms with Crippen LogP contribution >= 0.6 is 11.3 Å². The first kappa shape index (κ1) is 19.3. The molecule has 1 fully saturated rings. The Hall–Kier alpha value is -2.70. The summed E-state index contributed by atoms with van der Waals surface area (Å²) in [5, 5.41) is 15.1. The monoisotopic (exact) mass is 418 g/mol. The minimum absolute atomic E-state index is 0.0248. The Bertz CT molecular complexity index is 1110. The molecule has 1 saturated heterocycles. The van der Waals surface area contributed by atoms with Gasteiger partial charge in [0.2, 0.25) is 10.8 Å². The molecule has 2 aromatic heterocycles. The van der Waals surface area contributed by atoms with Gasteiger partial charge in [0.25, 0.3) is 0 Å². The third-order valence-electron chi connectivity index (χ3n) is 6.16. The highest BCUT2D eigenvalue weighted by Crippen LogP contribution is 2.41. The fourth-order valence-electron chi connectivity index (χ4n) is 4.51. The zero-order valence-corrected chi connectivity index (χ0v) is 17.9. The number of aromatic hydroxyl groups is 1. The summed E-state index contributed by atoms with van der Waals surface area (Å²) in [5.41, 5.74) is 3.88. The van der Waals surface area contributed by atoms with Crippen molar-refractivity contribution in [1.82, 2.24) is 19.5 Å². The maximum Gasteiger partial charge on any atom is 0.230 e. The van der Waals surface area contributed by atoms with Crippen LogP contribution in [-0.2, 0) is 6.42 Å². The Labute approximate surface area is 180 Å². The fourth-order valence-corrected chi connectivity index (χ4v) is 5.60. The normalized spacial score (nSPS) is 16.8. The number of fused-ring (bicyclic) bond motifs is 1. The molecular weight excluding hydrogens is 392 g/mol. The topological polar surface area (TPSA) is 53.7 Å². The van der Waals surface area contributed by atoms with Crippen LogP contribution in [0.5, 0.6) is 5.88 Å². The Morgan fingerprint density at radius 1 is 1.07 bits per heavy atom. The highest BCUT2D eigenvalue weighted by atomic mass is 32.1. The lowest BCUT2D eigenvalue weighted by molar-refractivity contribution is 0.150. The van der Waals surface area contributed by atoms with E-state index in [2.05, 4.69) is 76.5 Å². The van der Waals surface area contributed by atoms with Crippen molar-refractivity contribution in [1.29, 1.82) is 0 Å². The molecule has 5 nitrogen and oxygen atoms in total. The Morgan fingerprint density at radius 3 is 2.50 bits per heavy atom. The largest absolute Gasteiger partial charge is 0.492 e. The van der Waals surface area contributed by atoms with E-state index in [1.807, 2.05) is 0 Å². The van der Waals surface area contributed by atoms with Crippen LogP contribution in [-0.4, -0.2) is 37.7 Å². The minimum atomic E-state index is 0.0248. The second kappa shape index (κ2) is 8.20. The number of piperidine rings is 1. The van der Waals surface area contributed by atoms with Gasteiger partial charge in [0.05, 0.1) is 10.9 Å². The SMILES string of the molecule is Cc1ccc(C(c2sc3ncnn3c2O)N2CCC(Cc3ccccc3)CC2)cc1. The highest BCUT2D eigenvalue weighted by molar-refractivity contribution is 7.17. The molecule has 0 saturated carbocycles. The number of likely N-dealkylation sites (tertiary alicyclic amines) is 1. The first-order valence-corrected chi connectivity index (χ1v) is 11.4. The Kier molecular flexibility index (Phi) is 5.27. The number of benzene rings is 2. The van der Waals surface area contributed by atoms with E-state index in [1.54, 1.807) is 4.52 Å². The maximum atomic E-state index is 10.9. The molecule has 5 rings (SSSR count). The lowest BCUT2D eigenvalue weighted by atomic mass is 9.88. The van der Waals surface area contributed by atoms with E-state index in [0.29, 0.717) is 5.92 Å². The Balaban J connectivity index is 1.40. The van der Waals surface area contributed by atoms with E-state index in [-0.39, 0.29) is 11.9 Å². The molecule has 4 aromatic rings. The molecule has 3 heterocycles. The van der Waals surface area contributed by atoms with Gasteiger partial charge < -0.3 is 5.11 Å². The quantitative estimate of drug-likeness (QED) is 0.503. The summed E-state index contributed by atoms with van der Waals surface area (Å²) >= 11 is 1.53. The average Bonchev–Trinajstić information content (AvgIpc) is 3.35. The van der Waals surface area contributed by atoms with Gasteiger partial charge in [-0.3, -0.25) is 4.90 Å². The van der Waals surface area contributed by atoms with E-state index in [9.17, 15) is 5.11 Å². The third kappa shape index (κ3) is 3.73. The van der Waals surface area contributed by atoms with Crippen molar-refractivity contribution in [3.8, 4) is 5.88 Å². The summed E-state index contributed by atoms with van der Waals surface area (Å²) in [6.07, 6.45) is 4.97. The number of hydrogen-bond donors (Lipinski definition) is 1. The zero-order valence-electron chi connectivity index (χ0n) is 17.1. The highest BCUT2D eigenvalue weighted by Gasteiger charge is 2.31. The lowest BCUT2D eigenvalue weighted by Crippen LogP contribution is -2.37.